The second kappa shape index (κ2) is 28.5. The number of phosphoric ester groups is 1. The van der Waals surface area contributed by atoms with Crippen LogP contribution in [0.4, 0.5) is 0 Å². The van der Waals surface area contributed by atoms with Crippen molar-refractivity contribution in [3.8, 4) is 0 Å². The van der Waals surface area contributed by atoms with Crippen LogP contribution in [0, 0.1) is 0 Å². The number of carbonyl (C=O) groups is 1. The lowest BCUT2D eigenvalue weighted by Gasteiger charge is -2.28. The molecule has 8 nitrogen and oxygen atoms in total. The lowest BCUT2D eigenvalue weighted by Crippen LogP contribution is -2.37. The van der Waals surface area contributed by atoms with Crippen molar-refractivity contribution in [2.45, 2.75) is 136 Å². The first kappa shape index (κ1) is 42.0. The number of unbranched alkanes of at least 4 members (excludes halogenated alkanes) is 13. The van der Waals surface area contributed by atoms with Crippen molar-refractivity contribution in [2.75, 3.05) is 54.1 Å². The lowest BCUT2D eigenvalue weighted by atomic mass is 10.1. The van der Waals surface area contributed by atoms with Crippen LogP contribution in [-0.2, 0) is 27.9 Å². The molecular formula is C34H66NO7P. The molecule has 0 aromatic rings. The monoisotopic (exact) mass is 631 g/mol. The number of phosphoric acid groups is 1. The number of quaternary nitrogens is 1. The minimum Gasteiger partial charge on any atom is -0.756 e. The van der Waals surface area contributed by atoms with Gasteiger partial charge in [0.1, 0.15) is 19.3 Å². The molecule has 0 aliphatic heterocycles. The first-order valence-electron chi connectivity index (χ1n) is 17.1. The predicted octanol–water partition coefficient (Wildman–Crippen LogP) is 8.30. The molecule has 0 aromatic heterocycles. The molecule has 0 radical (unpaired) electrons. The summed E-state index contributed by atoms with van der Waals surface area (Å²) in [6.07, 6.45) is 27.7. The van der Waals surface area contributed by atoms with Gasteiger partial charge in [0, 0.05) is 13.0 Å². The van der Waals surface area contributed by atoms with Crippen LogP contribution in [0.25, 0.3) is 0 Å². The van der Waals surface area contributed by atoms with Crippen LogP contribution in [0.2, 0.25) is 0 Å². The molecule has 0 fully saturated rings. The number of carbonyl (C=O) groups excluding carboxylic acids is 1. The molecule has 43 heavy (non-hydrogen) atoms. The minimum absolute atomic E-state index is 0.0247. The number of hydrogen-bond donors (Lipinski definition) is 0. The van der Waals surface area contributed by atoms with E-state index in [1.807, 2.05) is 21.1 Å². The molecule has 0 aliphatic carbocycles. The van der Waals surface area contributed by atoms with Gasteiger partial charge in [0.05, 0.1) is 34.4 Å². The molecular weight excluding hydrogens is 565 g/mol. The van der Waals surface area contributed by atoms with Crippen molar-refractivity contribution in [3.63, 3.8) is 0 Å². The summed E-state index contributed by atoms with van der Waals surface area (Å²) in [5.41, 5.74) is 0. The Kier molecular flexibility index (Phi) is 27.8. The summed E-state index contributed by atoms with van der Waals surface area (Å²) < 4.78 is 34.2. The highest BCUT2D eigenvalue weighted by atomic mass is 31.2. The van der Waals surface area contributed by atoms with E-state index in [0.717, 1.165) is 57.8 Å². The molecule has 0 spiro atoms. The van der Waals surface area contributed by atoms with E-state index in [1.54, 1.807) is 0 Å². The van der Waals surface area contributed by atoms with Crippen LogP contribution in [-0.4, -0.2) is 70.7 Å². The normalized spacial score (nSPS) is 14.5. The number of ether oxygens (including phenoxy) is 2. The first-order chi connectivity index (χ1) is 20.6. The summed E-state index contributed by atoms with van der Waals surface area (Å²) in [5.74, 6) is -0.347. The molecule has 0 heterocycles. The van der Waals surface area contributed by atoms with E-state index >= 15 is 0 Å². The van der Waals surface area contributed by atoms with E-state index in [0.29, 0.717) is 24.1 Å². The quantitative estimate of drug-likeness (QED) is 0.0250. The van der Waals surface area contributed by atoms with Gasteiger partial charge in [-0.3, -0.25) is 9.36 Å². The molecule has 0 N–H and O–H groups in total. The number of rotatable bonds is 31. The Morgan fingerprint density at radius 3 is 1.98 bits per heavy atom. The molecule has 2 unspecified atom stereocenters. The molecule has 0 saturated heterocycles. The predicted molar refractivity (Wildman–Crippen MR) is 176 cm³/mol. The SMILES string of the molecule is CCC/C=C\C/C=C\CCCCCCCCOCC(COP(=O)([O-])OCC[N+](C)(C)C)OC(=O)CCCCCCCCC. The van der Waals surface area contributed by atoms with Crippen molar-refractivity contribution < 1.29 is 37.3 Å². The van der Waals surface area contributed by atoms with Gasteiger partial charge in [-0.1, -0.05) is 109 Å². The number of hydrogen-bond acceptors (Lipinski definition) is 7. The minimum atomic E-state index is -4.51. The van der Waals surface area contributed by atoms with Gasteiger partial charge >= 0.3 is 5.97 Å². The second-order valence-electron chi connectivity index (χ2n) is 12.5. The lowest BCUT2D eigenvalue weighted by molar-refractivity contribution is -0.870. The highest BCUT2D eigenvalue weighted by Gasteiger charge is 2.20. The van der Waals surface area contributed by atoms with Crippen LogP contribution < -0.4 is 4.89 Å². The highest BCUT2D eigenvalue weighted by Crippen LogP contribution is 2.38. The summed E-state index contributed by atoms with van der Waals surface area (Å²) in [6.45, 7) is 5.26. The Morgan fingerprint density at radius 2 is 1.33 bits per heavy atom. The molecule has 0 rings (SSSR count). The Morgan fingerprint density at radius 1 is 0.721 bits per heavy atom. The van der Waals surface area contributed by atoms with Crippen LogP contribution in [0.3, 0.4) is 0 Å². The maximum absolute atomic E-state index is 12.4. The molecule has 0 bridgehead atoms. The fourth-order valence-electron chi connectivity index (χ4n) is 4.29. The van der Waals surface area contributed by atoms with Crippen molar-refractivity contribution in [2.24, 2.45) is 0 Å². The van der Waals surface area contributed by atoms with Crippen LogP contribution in [0.5, 0.6) is 0 Å². The van der Waals surface area contributed by atoms with Gasteiger partial charge in [-0.25, -0.2) is 0 Å². The third-order valence-corrected chi connectivity index (χ3v) is 7.95. The fourth-order valence-corrected chi connectivity index (χ4v) is 5.02. The van der Waals surface area contributed by atoms with E-state index in [9.17, 15) is 14.3 Å². The molecule has 0 amide bonds. The Bertz CT molecular complexity index is 752. The van der Waals surface area contributed by atoms with Crippen molar-refractivity contribution in [1.82, 2.24) is 0 Å². The third-order valence-electron chi connectivity index (χ3n) is 6.99. The molecule has 0 aromatic carbocycles. The molecule has 254 valence electrons. The Hall–Kier alpha value is -1.02. The van der Waals surface area contributed by atoms with Gasteiger partial charge in [-0.2, -0.15) is 0 Å². The smallest absolute Gasteiger partial charge is 0.306 e. The van der Waals surface area contributed by atoms with Crippen LogP contribution >= 0.6 is 7.82 Å². The van der Waals surface area contributed by atoms with E-state index in [2.05, 4.69) is 38.2 Å². The topological polar surface area (TPSA) is 94.1 Å². The van der Waals surface area contributed by atoms with Gasteiger partial charge < -0.3 is 27.9 Å². The second-order valence-corrected chi connectivity index (χ2v) is 13.9. The molecule has 9 heteroatoms. The molecule has 0 saturated carbocycles. The first-order valence-corrected chi connectivity index (χ1v) is 18.5. The van der Waals surface area contributed by atoms with E-state index in [1.165, 1.54) is 51.4 Å². The highest BCUT2D eigenvalue weighted by molar-refractivity contribution is 7.45. The Balaban J connectivity index is 4.30. The van der Waals surface area contributed by atoms with E-state index in [-0.39, 0.29) is 25.8 Å². The van der Waals surface area contributed by atoms with Crippen LogP contribution in [0.1, 0.15) is 129 Å². The van der Waals surface area contributed by atoms with Gasteiger partial charge in [0.25, 0.3) is 7.82 Å². The zero-order valence-corrected chi connectivity index (χ0v) is 29.3. The number of nitrogens with zero attached hydrogens (tertiary/aromatic N) is 1. The summed E-state index contributed by atoms with van der Waals surface area (Å²) in [6, 6.07) is 0. The van der Waals surface area contributed by atoms with Gasteiger partial charge in [-0.15, -0.1) is 0 Å². The summed E-state index contributed by atoms with van der Waals surface area (Å²) in [7, 11) is 1.34. The summed E-state index contributed by atoms with van der Waals surface area (Å²) >= 11 is 0. The van der Waals surface area contributed by atoms with Gasteiger partial charge in [0.15, 0.2) is 0 Å². The standard InChI is InChI=1S/C34H66NO7P/c1-6-8-10-12-14-15-16-17-18-19-20-22-24-26-29-39-31-33(32-41-43(37,38)40-30-28-35(3,4)5)42-34(36)27-25-23-21-13-11-9-7-2/h10,12,15-16,33H,6-9,11,13-14,17-32H2,1-5H3/b12-10-,16-15-. The average molecular weight is 632 g/mol. The summed E-state index contributed by atoms with van der Waals surface area (Å²) in [4.78, 5) is 24.7. The largest absolute Gasteiger partial charge is 0.756 e. The number of likely N-dealkylation sites (N-methyl/N-ethyl adjacent to an activating group) is 1. The van der Waals surface area contributed by atoms with Crippen LogP contribution in [0.15, 0.2) is 24.3 Å². The number of allylic oxidation sites excluding steroid dienone is 4. The van der Waals surface area contributed by atoms with Crippen molar-refractivity contribution in [1.29, 1.82) is 0 Å². The fraction of sp³-hybridized carbons (Fsp3) is 0.853. The van der Waals surface area contributed by atoms with Gasteiger partial charge in [0.2, 0.25) is 0 Å². The van der Waals surface area contributed by atoms with E-state index < -0.39 is 13.9 Å². The zero-order chi connectivity index (χ0) is 32.1. The zero-order valence-electron chi connectivity index (χ0n) is 28.4. The molecule has 2 atom stereocenters. The Labute approximate surface area is 264 Å². The van der Waals surface area contributed by atoms with Crippen molar-refractivity contribution in [3.05, 3.63) is 24.3 Å². The van der Waals surface area contributed by atoms with Gasteiger partial charge in [-0.05, 0) is 38.5 Å². The van der Waals surface area contributed by atoms with E-state index in [4.69, 9.17) is 18.5 Å². The average Bonchev–Trinajstić information content (AvgIpc) is 2.94. The van der Waals surface area contributed by atoms with Crippen molar-refractivity contribution >= 4 is 13.8 Å². The maximum atomic E-state index is 12.4. The maximum Gasteiger partial charge on any atom is 0.306 e. The molecule has 0 aliphatic rings. The number of esters is 1. The summed E-state index contributed by atoms with van der Waals surface area (Å²) in [5, 5.41) is 0. The third kappa shape index (κ3) is 32.2.